The van der Waals surface area contributed by atoms with Crippen molar-refractivity contribution in [2.45, 2.75) is 51.6 Å². The Balaban J connectivity index is 1.89. The lowest BCUT2D eigenvalue weighted by Gasteiger charge is -2.18. The van der Waals surface area contributed by atoms with Gasteiger partial charge in [0.15, 0.2) is 0 Å². The van der Waals surface area contributed by atoms with Gasteiger partial charge in [-0.15, -0.1) is 0 Å². The molecule has 2 heterocycles. The van der Waals surface area contributed by atoms with Gasteiger partial charge in [0, 0.05) is 5.39 Å². The number of likely N-dealkylation sites (tertiary alicyclic amines) is 1. The van der Waals surface area contributed by atoms with Gasteiger partial charge in [-0.05, 0) is 44.5 Å². The number of hydrogen-bond donors (Lipinski definition) is 2. The molecule has 1 atom stereocenters. The number of carboxylic acids is 1. The molecular formula is C19H26N4O2. The smallest absolute Gasteiger partial charge is 0.326 e. The summed E-state index contributed by atoms with van der Waals surface area (Å²) in [4.78, 5) is 23.3. The topological polar surface area (TPSA) is 78.4 Å². The Bertz CT molecular complexity index is 728. The minimum atomic E-state index is -0.836. The van der Waals surface area contributed by atoms with Crippen LogP contribution in [-0.4, -0.2) is 45.1 Å². The summed E-state index contributed by atoms with van der Waals surface area (Å²) in [5.74, 6) is 0.545. The maximum atomic E-state index is 11.6. The summed E-state index contributed by atoms with van der Waals surface area (Å²) in [6.07, 6.45) is 4.86. The van der Waals surface area contributed by atoms with Crippen molar-refractivity contribution >= 4 is 22.7 Å². The van der Waals surface area contributed by atoms with E-state index in [2.05, 4.69) is 27.1 Å². The fourth-order valence-electron chi connectivity index (χ4n) is 3.28. The van der Waals surface area contributed by atoms with Gasteiger partial charge in [0.25, 0.3) is 0 Å². The van der Waals surface area contributed by atoms with Crippen LogP contribution in [0, 0.1) is 0 Å². The molecule has 1 fully saturated rings. The largest absolute Gasteiger partial charge is 0.480 e. The zero-order valence-corrected chi connectivity index (χ0v) is 14.7. The molecule has 2 aromatic rings. The standard InChI is InChI=1S/C19H26N4O2/c1-2-3-9-16(19(24)25)21-18-14-8-4-5-10-15(14)20-17(22-18)13-23-11-6-7-12-23/h4-5,8,10,16H,2-3,6-7,9,11-13H2,1H3,(H,24,25)(H,20,21,22). The molecule has 6 heteroatoms. The number of benzene rings is 1. The van der Waals surface area contributed by atoms with Crippen LogP contribution in [0.4, 0.5) is 5.82 Å². The van der Waals surface area contributed by atoms with E-state index in [1.807, 2.05) is 24.3 Å². The van der Waals surface area contributed by atoms with Crippen LogP contribution in [0.5, 0.6) is 0 Å². The van der Waals surface area contributed by atoms with Gasteiger partial charge in [0.05, 0.1) is 12.1 Å². The molecule has 1 aliphatic rings. The number of rotatable bonds is 8. The number of aliphatic carboxylic acids is 1. The number of para-hydroxylation sites is 1. The van der Waals surface area contributed by atoms with E-state index in [1.165, 1.54) is 12.8 Å². The highest BCUT2D eigenvalue weighted by Crippen LogP contribution is 2.23. The van der Waals surface area contributed by atoms with Gasteiger partial charge in [-0.25, -0.2) is 14.8 Å². The molecule has 2 N–H and O–H groups in total. The number of unbranched alkanes of at least 4 members (excludes halogenated alkanes) is 1. The Hall–Kier alpha value is -2.21. The highest BCUT2D eigenvalue weighted by atomic mass is 16.4. The third-order valence-corrected chi connectivity index (χ3v) is 4.67. The van der Waals surface area contributed by atoms with Crippen LogP contribution in [0.1, 0.15) is 44.9 Å². The molecule has 25 heavy (non-hydrogen) atoms. The van der Waals surface area contributed by atoms with E-state index in [0.29, 0.717) is 18.8 Å². The van der Waals surface area contributed by atoms with Crippen molar-refractivity contribution in [2.75, 3.05) is 18.4 Å². The quantitative estimate of drug-likeness (QED) is 0.766. The maximum absolute atomic E-state index is 11.6. The third kappa shape index (κ3) is 4.45. The van der Waals surface area contributed by atoms with E-state index >= 15 is 0 Å². The first-order valence-electron chi connectivity index (χ1n) is 9.14. The van der Waals surface area contributed by atoms with Crippen molar-refractivity contribution in [3.05, 3.63) is 30.1 Å². The Labute approximate surface area is 148 Å². The van der Waals surface area contributed by atoms with Crippen molar-refractivity contribution < 1.29 is 9.90 Å². The highest BCUT2D eigenvalue weighted by molar-refractivity contribution is 5.90. The molecule has 3 rings (SSSR count). The molecule has 1 aromatic carbocycles. The van der Waals surface area contributed by atoms with E-state index in [1.54, 1.807) is 0 Å². The Morgan fingerprint density at radius 1 is 1.28 bits per heavy atom. The third-order valence-electron chi connectivity index (χ3n) is 4.67. The van der Waals surface area contributed by atoms with Gasteiger partial charge in [0.1, 0.15) is 17.7 Å². The second-order valence-corrected chi connectivity index (χ2v) is 6.67. The zero-order chi connectivity index (χ0) is 17.6. The normalized spacial score (nSPS) is 16.2. The molecule has 1 aromatic heterocycles. The summed E-state index contributed by atoms with van der Waals surface area (Å²) < 4.78 is 0. The van der Waals surface area contributed by atoms with Crippen molar-refractivity contribution in [3.63, 3.8) is 0 Å². The van der Waals surface area contributed by atoms with E-state index in [9.17, 15) is 9.90 Å². The summed E-state index contributed by atoms with van der Waals surface area (Å²) in [7, 11) is 0. The van der Waals surface area contributed by atoms with Crippen LogP contribution in [-0.2, 0) is 11.3 Å². The summed E-state index contributed by atoms with van der Waals surface area (Å²) in [5.41, 5.74) is 0.855. The Morgan fingerprint density at radius 2 is 2.04 bits per heavy atom. The van der Waals surface area contributed by atoms with E-state index in [-0.39, 0.29) is 0 Å². The first kappa shape index (κ1) is 17.6. The molecule has 0 spiro atoms. The molecule has 0 bridgehead atoms. The Kier molecular flexibility index (Phi) is 5.81. The number of carbonyl (C=O) groups is 1. The molecular weight excluding hydrogens is 316 g/mol. The Morgan fingerprint density at radius 3 is 2.76 bits per heavy atom. The van der Waals surface area contributed by atoms with Crippen molar-refractivity contribution in [2.24, 2.45) is 0 Å². The van der Waals surface area contributed by atoms with Gasteiger partial charge in [0.2, 0.25) is 0 Å². The second-order valence-electron chi connectivity index (χ2n) is 6.67. The van der Waals surface area contributed by atoms with Gasteiger partial charge in [-0.3, -0.25) is 4.90 Å². The SMILES string of the molecule is CCCCC(Nc1nc(CN2CCCC2)nc2ccccc12)C(=O)O. The fraction of sp³-hybridized carbons (Fsp3) is 0.526. The zero-order valence-electron chi connectivity index (χ0n) is 14.7. The van der Waals surface area contributed by atoms with Gasteiger partial charge in [-0.1, -0.05) is 31.9 Å². The number of nitrogens with one attached hydrogen (secondary N) is 1. The summed E-state index contributed by atoms with van der Waals surface area (Å²) >= 11 is 0. The molecule has 1 aliphatic heterocycles. The van der Waals surface area contributed by atoms with E-state index in [4.69, 9.17) is 0 Å². The first-order valence-corrected chi connectivity index (χ1v) is 9.14. The maximum Gasteiger partial charge on any atom is 0.326 e. The summed E-state index contributed by atoms with van der Waals surface area (Å²) in [6.45, 7) is 4.93. The number of anilines is 1. The molecule has 0 amide bonds. The number of hydrogen-bond acceptors (Lipinski definition) is 5. The van der Waals surface area contributed by atoms with Crippen molar-refractivity contribution in [1.82, 2.24) is 14.9 Å². The van der Waals surface area contributed by atoms with E-state index in [0.717, 1.165) is 42.7 Å². The van der Waals surface area contributed by atoms with Crippen LogP contribution in [0.15, 0.2) is 24.3 Å². The molecule has 1 saturated heterocycles. The monoisotopic (exact) mass is 342 g/mol. The number of fused-ring (bicyclic) bond motifs is 1. The first-order chi connectivity index (χ1) is 12.2. The molecule has 1 unspecified atom stereocenters. The fourth-order valence-corrected chi connectivity index (χ4v) is 3.28. The molecule has 0 aliphatic carbocycles. The second kappa shape index (κ2) is 8.25. The average molecular weight is 342 g/mol. The molecule has 6 nitrogen and oxygen atoms in total. The lowest BCUT2D eigenvalue weighted by Crippen LogP contribution is -2.30. The number of aromatic nitrogens is 2. The lowest BCUT2D eigenvalue weighted by molar-refractivity contribution is -0.138. The predicted octanol–water partition coefficient (Wildman–Crippen LogP) is 3.28. The van der Waals surface area contributed by atoms with Crippen molar-refractivity contribution in [1.29, 1.82) is 0 Å². The number of nitrogens with zero attached hydrogens (tertiary/aromatic N) is 3. The van der Waals surface area contributed by atoms with Crippen LogP contribution in [0.3, 0.4) is 0 Å². The number of carboxylic acid groups (broad SMARTS) is 1. The van der Waals surface area contributed by atoms with Crippen LogP contribution in [0.25, 0.3) is 10.9 Å². The van der Waals surface area contributed by atoms with Gasteiger partial charge in [-0.2, -0.15) is 0 Å². The highest BCUT2D eigenvalue weighted by Gasteiger charge is 2.20. The van der Waals surface area contributed by atoms with Gasteiger partial charge >= 0.3 is 5.97 Å². The predicted molar refractivity (Wildman–Crippen MR) is 98.6 cm³/mol. The average Bonchev–Trinajstić information content (AvgIpc) is 3.11. The summed E-state index contributed by atoms with van der Waals surface area (Å²) in [6, 6.07) is 7.15. The lowest BCUT2D eigenvalue weighted by atomic mass is 10.1. The van der Waals surface area contributed by atoms with Gasteiger partial charge < -0.3 is 10.4 Å². The molecule has 0 saturated carbocycles. The summed E-state index contributed by atoms with van der Waals surface area (Å²) in [5, 5.41) is 13.5. The molecule has 0 radical (unpaired) electrons. The van der Waals surface area contributed by atoms with E-state index < -0.39 is 12.0 Å². The minimum Gasteiger partial charge on any atom is -0.480 e. The minimum absolute atomic E-state index is 0.589. The van der Waals surface area contributed by atoms with Crippen molar-refractivity contribution in [3.8, 4) is 0 Å². The van der Waals surface area contributed by atoms with Crippen LogP contribution in [0.2, 0.25) is 0 Å². The molecule has 134 valence electrons. The van der Waals surface area contributed by atoms with Crippen LogP contribution < -0.4 is 5.32 Å². The van der Waals surface area contributed by atoms with Crippen LogP contribution >= 0.6 is 0 Å².